The van der Waals surface area contributed by atoms with Gasteiger partial charge in [-0.3, -0.25) is 19.2 Å². The van der Waals surface area contributed by atoms with E-state index < -0.39 is 47.1 Å². The number of carbonyl (C=O) groups excluding carboxylic acids is 3. The number of hydrogen-bond donors (Lipinski definition) is 3. The molecule has 2 fully saturated rings. The Morgan fingerprint density at radius 1 is 0.877 bits per heavy atom. The number of amides is 3. The lowest BCUT2D eigenvalue weighted by molar-refractivity contribution is -0.138. The molecule has 1 saturated carbocycles. The van der Waals surface area contributed by atoms with Crippen molar-refractivity contribution in [3.63, 3.8) is 0 Å². The molecule has 0 bridgehead atoms. The predicted molar refractivity (Wildman–Crippen MR) is 235 cm³/mol. The highest BCUT2D eigenvalue weighted by molar-refractivity contribution is 5.97. The smallest absolute Gasteiger partial charge is 0.417 e. The van der Waals surface area contributed by atoms with Gasteiger partial charge in [-0.2, -0.15) is 23.5 Å². The van der Waals surface area contributed by atoms with Crippen LogP contribution in [0.15, 0.2) is 89.7 Å². The number of nitriles is 1. The van der Waals surface area contributed by atoms with Gasteiger partial charge in [-0.05, 0) is 98.8 Å². The van der Waals surface area contributed by atoms with Gasteiger partial charge in [0.05, 0.1) is 33.8 Å². The summed E-state index contributed by atoms with van der Waals surface area (Å²) in [5.74, 6) is -1.43. The van der Waals surface area contributed by atoms with E-state index in [4.69, 9.17) is 15.1 Å². The molecule has 4 aromatic carbocycles. The van der Waals surface area contributed by atoms with Gasteiger partial charge < -0.3 is 30.3 Å². The zero-order chi connectivity index (χ0) is 46.3. The summed E-state index contributed by atoms with van der Waals surface area (Å²) in [6.45, 7) is 3.29. The Labute approximate surface area is 372 Å². The molecule has 17 heteroatoms. The molecule has 1 aliphatic carbocycles. The van der Waals surface area contributed by atoms with Crippen LogP contribution in [0.3, 0.4) is 0 Å². The minimum absolute atomic E-state index is 0.0333. The van der Waals surface area contributed by atoms with Crippen molar-refractivity contribution in [1.82, 2.24) is 19.6 Å². The van der Waals surface area contributed by atoms with E-state index in [1.807, 2.05) is 12.1 Å². The highest BCUT2D eigenvalue weighted by Gasteiger charge is 2.37. The largest absolute Gasteiger partial charge is 0.490 e. The van der Waals surface area contributed by atoms with Crippen molar-refractivity contribution in [2.24, 2.45) is 5.92 Å². The number of nitrogens with one attached hydrogen (secondary N) is 2. The van der Waals surface area contributed by atoms with E-state index in [0.717, 1.165) is 49.9 Å². The monoisotopic (exact) mass is 895 g/mol. The molecule has 7 rings (SSSR count). The number of piperazine rings is 1. The quantitative estimate of drug-likeness (QED) is 0.0648. The first-order valence-electron chi connectivity index (χ1n) is 21.6. The number of carbonyl (C=O) groups is 3. The summed E-state index contributed by atoms with van der Waals surface area (Å²) >= 11 is 0. The second kappa shape index (κ2) is 19.9. The van der Waals surface area contributed by atoms with Crippen molar-refractivity contribution >= 4 is 39.9 Å². The van der Waals surface area contributed by atoms with E-state index in [9.17, 15) is 37.5 Å². The van der Waals surface area contributed by atoms with Crippen molar-refractivity contribution in [1.29, 1.82) is 5.26 Å². The average Bonchev–Trinajstić information content (AvgIpc) is 4.16. The van der Waals surface area contributed by atoms with Gasteiger partial charge in [-0.1, -0.05) is 37.1 Å². The summed E-state index contributed by atoms with van der Waals surface area (Å²) in [7, 11) is 0. The molecular weight excluding hydrogens is 847 g/mol. The van der Waals surface area contributed by atoms with Crippen LogP contribution in [-0.2, 0) is 28.7 Å². The van der Waals surface area contributed by atoms with Crippen LogP contribution < -0.4 is 20.9 Å². The van der Waals surface area contributed by atoms with Gasteiger partial charge in [-0.15, -0.1) is 0 Å². The maximum absolute atomic E-state index is 15.1. The van der Waals surface area contributed by atoms with Gasteiger partial charge in [0.15, 0.2) is 5.60 Å². The number of alkyl halides is 3. The normalized spacial score (nSPS) is 15.0. The standard InChI is InChI=1S/C48H49F4N7O6/c1-47(64,46(63)55-35-14-13-33(29-53)40(28-35)48(50,51)52)30-65-36-17-15-34(16-18-36)54-20-6-2-3-7-21-59-45(62)38-9-5-4-8-37(38)42(56-59)27-31-10-19-41(49)39(26-31)44(61)58-24-22-57(23-25-58)43(60)32-11-12-32/h4-5,8-10,13-19,26,28,32,54,64H,2-3,6-7,11-12,20-25,27,30H2,1H3,(H,55,63)/t47-/m0/s1. The molecule has 65 heavy (non-hydrogen) atoms. The Balaban J connectivity index is 0.860. The van der Waals surface area contributed by atoms with E-state index in [-0.39, 0.29) is 35.1 Å². The number of benzene rings is 4. The molecule has 3 amide bonds. The number of aromatic nitrogens is 2. The van der Waals surface area contributed by atoms with Crippen molar-refractivity contribution in [3.8, 4) is 11.8 Å². The highest BCUT2D eigenvalue weighted by Crippen LogP contribution is 2.34. The number of anilines is 2. The Hall–Kier alpha value is -6.80. The molecular formula is C48H49F4N7O6. The lowest BCUT2D eigenvalue weighted by Gasteiger charge is -2.35. The van der Waals surface area contributed by atoms with E-state index in [1.54, 1.807) is 58.3 Å². The zero-order valence-corrected chi connectivity index (χ0v) is 35.8. The van der Waals surface area contributed by atoms with Crippen LogP contribution in [0.1, 0.15) is 78.2 Å². The summed E-state index contributed by atoms with van der Waals surface area (Å²) < 4.78 is 62.2. The number of halogens is 4. The summed E-state index contributed by atoms with van der Waals surface area (Å²) in [6, 6.07) is 22.7. The van der Waals surface area contributed by atoms with Crippen LogP contribution in [0.4, 0.5) is 28.9 Å². The third kappa shape index (κ3) is 11.5. The molecule has 5 aromatic rings. The van der Waals surface area contributed by atoms with Gasteiger partial charge in [0.2, 0.25) is 5.91 Å². The fourth-order valence-electron chi connectivity index (χ4n) is 7.67. The highest BCUT2D eigenvalue weighted by atomic mass is 19.4. The fraction of sp³-hybridized carbons (Fsp3) is 0.375. The van der Waals surface area contributed by atoms with Crippen molar-refractivity contribution in [3.05, 3.63) is 129 Å². The van der Waals surface area contributed by atoms with Crippen molar-refractivity contribution in [2.45, 2.75) is 70.2 Å². The maximum atomic E-state index is 15.1. The van der Waals surface area contributed by atoms with E-state index in [1.165, 1.54) is 23.7 Å². The Bertz CT molecular complexity index is 2650. The number of aryl methyl sites for hydroxylation is 1. The van der Waals surface area contributed by atoms with Crippen LogP contribution >= 0.6 is 0 Å². The molecule has 3 N–H and O–H groups in total. The number of unbranched alkanes of at least 4 members (excludes halogenated alkanes) is 3. The number of hydrogen-bond acceptors (Lipinski definition) is 9. The number of rotatable bonds is 17. The van der Waals surface area contributed by atoms with Gasteiger partial charge in [0, 0.05) is 68.4 Å². The molecule has 1 aromatic heterocycles. The molecule has 0 spiro atoms. The molecule has 340 valence electrons. The topological polar surface area (TPSA) is 170 Å². The molecule has 1 atom stereocenters. The second-order valence-corrected chi connectivity index (χ2v) is 16.7. The number of aliphatic hydroxyl groups is 1. The van der Waals surface area contributed by atoms with Gasteiger partial charge >= 0.3 is 6.18 Å². The molecule has 1 saturated heterocycles. The maximum Gasteiger partial charge on any atom is 0.417 e. The van der Waals surface area contributed by atoms with Gasteiger partial charge in [-0.25, -0.2) is 9.07 Å². The lowest BCUT2D eigenvalue weighted by Crippen LogP contribution is -2.51. The van der Waals surface area contributed by atoms with E-state index in [0.29, 0.717) is 79.5 Å². The molecule has 13 nitrogen and oxygen atoms in total. The van der Waals surface area contributed by atoms with Crippen LogP contribution in [0.25, 0.3) is 10.8 Å². The average molecular weight is 896 g/mol. The predicted octanol–water partition coefficient (Wildman–Crippen LogP) is 7.15. The molecule has 0 radical (unpaired) electrons. The summed E-state index contributed by atoms with van der Waals surface area (Å²) in [6.07, 6.45) is 0.547. The van der Waals surface area contributed by atoms with Gasteiger partial charge in [0.25, 0.3) is 17.4 Å². The zero-order valence-electron chi connectivity index (χ0n) is 35.8. The van der Waals surface area contributed by atoms with Gasteiger partial charge in [0.1, 0.15) is 18.2 Å². The number of fused-ring (bicyclic) bond motifs is 1. The Morgan fingerprint density at radius 2 is 1.55 bits per heavy atom. The van der Waals surface area contributed by atoms with Crippen molar-refractivity contribution in [2.75, 3.05) is 50.0 Å². The molecule has 2 aliphatic rings. The fourth-order valence-corrected chi connectivity index (χ4v) is 7.67. The molecule has 2 heterocycles. The first-order valence-corrected chi connectivity index (χ1v) is 21.6. The third-order valence-corrected chi connectivity index (χ3v) is 11.6. The summed E-state index contributed by atoms with van der Waals surface area (Å²) in [5.41, 5.74) is -2.25. The van der Waals surface area contributed by atoms with E-state index >= 15 is 4.39 Å². The second-order valence-electron chi connectivity index (χ2n) is 16.7. The molecule has 0 unspecified atom stereocenters. The van der Waals surface area contributed by atoms with Crippen LogP contribution in [0.2, 0.25) is 0 Å². The minimum Gasteiger partial charge on any atom is -0.490 e. The van der Waals surface area contributed by atoms with Crippen LogP contribution in [0.5, 0.6) is 5.75 Å². The van der Waals surface area contributed by atoms with E-state index in [2.05, 4.69) is 10.6 Å². The SMILES string of the molecule is C[C@](O)(COc1ccc(NCCCCCCn2nc(Cc3ccc(F)c(C(=O)N4CCN(C(=O)C5CC5)CC4)c3)c3ccccc3c2=O)cc1)C(=O)Nc1ccc(C#N)c(C(F)(F)F)c1. The molecule has 1 aliphatic heterocycles. The first kappa shape index (κ1) is 46.2. The lowest BCUT2D eigenvalue weighted by atomic mass is 10.0. The van der Waals surface area contributed by atoms with Crippen LogP contribution in [-0.4, -0.2) is 87.3 Å². The number of ether oxygens (including phenoxy) is 1. The summed E-state index contributed by atoms with van der Waals surface area (Å²) in [5, 5.41) is 31.2. The third-order valence-electron chi connectivity index (χ3n) is 11.6. The number of nitrogens with zero attached hydrogens (tertiary/aromatic N) is 5. The Morgan fingerprint density at radius 3 is 2.25 bits per heavy atom. The minimum atomic E-state index is -4.81. The summed E-state index contributed by atoms with van der Waals surface area (Å²) in [4.78, 5) is 55.5. The Kier molecular flexibility index (Phi) is 14.2. The van der Waals surface area contributed by atoms with Crippen LogP contribution in [0, 0.1) is 23.1 Å². The van der Waals surface area contributed by atoms with Crippen molar-refractivity contribution < 1.29 is 41.8 Å². The first-order chi connectivity index (χ1) is 31.1.